The van der Waals surface area contributed by atoms with Gasteiger partial charge < -0.3 is 10.2 Å². The third-order valence-corrected chi connectivity index (χ3v) is 2.07. The number of Topliss-reactive ketones (excluding diaryl/α,β-unsaturated/α-hetero) is 1. The monoisotopic (exact) mass is 188 g/mol. The van der Waals surface area contributed by atoms with E-state index in [1.165, 1.54) is 0 Å². The van der Waals surface area contributed by atoms with Crippen LogP contribution >= 0.6 is 0 Å². The van der Waals surface area contributed by atoms with Gasteiger partial charge in [0.25, 0.3) is 0 Å². The Morgan fingerprint density at radius 3 is 2.64 bits per heavy atom. The van der Waals surface area contributed by atoms with Gasteiger partial charge in [-0.15, -0.1) is 0 Å². The quantitative estimate of drug-likeness (QED) is 0.681. The molecular weight excluding hydrogens is 176 g/mol. The highest BCUT2D eigenvalue weighted by Gasteiger charge is 2.23. The molecule has 72 valence electrons. The van der Waals surface area contributed by atoms with Crippen LogP contribution in [0.2, 0.25) is 0 Å². The van der Waals surface area contributed by atoms with Crippen LogP contribution in [0, 0.1) is 0 Å². The molecular formula is C11H12N2O. The summed E-state index contributed by atoms with van der Waals surface area (Å²) in [6.07, 6.45) is 1.79. The summed E-state index contributed by atoms with van der Waals surface area (Å²) in [7, 11) is 3.79. The van der Waals surface area contributed by atoms with Crippen molar-refractivity contribution < 1.29 is 4.79 Å². The lowest BCUT2D eigenvalue weighted by Gasteiger charge is -2.06. The van der Waals surface area contributed by atoms with Crippen molar-refractivity contribution in [2.24, 2.45) is 0 Å². The van der Waals surface area contributed by atoms with Crippen molar-refractivity contribution in [1.82, 2.24) is 4.90 Å². The zero-order valence-corrected chi connectivity index (χ0v) is 8.24. The molecule has 1 N–H and O–H groups in total. The topological polar surface area (TPSA) is 32.3 Å². The Labute approximate surface area is 83.0 Å². The maximum Gasteiger partial charge on any atom is 0.212 e. The van der Waals surface area contributed by atoms with Crippen LogP contribution < -0.4 is 5.32 Å². The maximum atomic E-state index is 11.8. The molecule has 1 aliphatic heterocycles. The van der Waals surface area contributed by atoms with Crippen molar-refractivity contribution in [3.05, 3.63) is 41.7 Å². The van der Waals surface area contributed by atoms with Crippen molar-refractivity contribution in [3.63, 3.8) is 0 Å². The number of allylic oxidation sites excluding steroid dienone is 1. The second-order valence-electron chi connectivity index (χ2n) is 3.51. The molecule has 1 heterocycles. The Balaban J connectivity index is 2.39. The van der Waals surface area contributed by atoms with Crippen LogP contribution in [-0.4, -0.2) is 24.8 Å². The minimum absolute atomic E-state index is 0.0642. The number of hydrogen-bond acceptors (Lipinski definition) is 3. The van der Waals surface area contributed by atoms with E-state index in [9.17, 15) is 4.79 Å². The van der Waals surface area contributed by atoms with Gasteiger partial charge in [-0.3, -0.25) is 4.79 Å². The number of hydrogen-bond donors (Lipinski definition) is 1. The van der Waals surface area contributed by atoms with Crippen LogP contribution in [0.1, 0.15) is 10.4 Å². The summed E-state index contributed by atoms with van der Waals surface area (Å²) in [5.41, 5.74) is 2.28. The molecule has 14 heavy (non-hydrogen) atoms. The number of anilines is 1. The number of benzene rings is 1. The molecule has 0 saturated heterocycles. The first-order valence-electron chi connectivity index (χ1n) is 4.47. The normalized spacial score (nSPS) is 16.7. The lowest BCUT2D eigenvalue weighted by molar-refractivity contribution is 0.104. The number of carbonyl (C=O) groups excluding carboxylic acids is 1. The number of ketones is 1. The van der Waals surface area contributed by atoms with Gasteiger partial charge in [-0.1, -0.05) is 12.1 Å². The molecule has 3 heteroatoms. The van der Waals surface area contributed by atoms with Gasteiger partial charge in [-0.2, -0.15) is 0 Å². The fraction of sp³-hybridized carbons (Fsp3) is 0.182. The van der Waals surface area contributed by atoms with E-state index in [1.54, 1.807) is 6.20 Å². The molecule has 0 fully saturated rings. The van der Waals surface area contributed by atoms with E-state index in [0.29, 0.717) is 5.70 Å². The molecule has 1 aromatic carbocycles. The molecule has 2 rings (SSSR count). The van der Waals surface area contributed by atoms with E-state index >= 15 is 0 Å². The Hall–Kier alpha value is -1.77. The lowest BCUT2D eigenvalue weighted by atomic mass is 10.1. The van der Waals surface area contributed by atoms with Crippen molar-refractivity contribution in [1.29, 1.82) is 0 Å². The fourth-order valence-electron chi connectivity index (χ4n) is 1.49. The molecule has 0 saturated carbocycles. The summed E-state index contributed by atoms with van der Waals surface area (Å²) in [4.78, 5) is 13.6. The van der Waals surface area contributed by atoms with Crippen LogP contribution in [0.5, 0.6) is 0 Å². The predicted octanol–water partition coefficient (Wildman–Crippen LogP) is 1.70. The van der Waals surface area contributed by atoms with Gasteiger partial charge in [0.05, 0.1) is 0 Å². The van der Waals surface area contributed by atoms with E-state index in [-0.39, 0.29) is 5.78 Å². The molecule has 1 aromatic rings. The molecule has 0 radical (unpaired) electrons. The minimum atomic E-state index is 0.0642. The Morgan fingerprint density at radius 1 is 1.29 bits per heavy atom. The lowest BCUT2D eigenvalue weighted by Crippen LogP contribution is -2.09. The van der Waals surface area contributed by atoms with Crippen molar-refractivity contribution in [3.8, 4) is 0 Å². The van der Waals surface area contributed by atoms with Crippen LogP contribution in [0.15, 0.2) is 36.2 Å². The summed E-state index contributed by atoms with van der Waals surface area (Å²) in [5, 5.41) is 3.09. The number of para-hydroxylation sites is 1. The Kier molecular flexibility index (Phi) is 2.00. The van der Waals surface area contributed by atoms with Crippen LogP contribution in [0.3, 0.4) is 0 Å². The van der Waals surface area contributed by atoms with Gasteiger partial charge in [0.2, 0.25) is 5.78 Å². The number of carbonyl (C=O) groups is 1. The molecule has 0 spiro atoms. The predicted molar refractivity (Wildman–Crippen MR) is 56.2 cm³/mol. The maximum absolute atomic E-state index is 11.8. The molecule has 0 aliphatic carbocycles. The zero-order valence-electron chi connectivity index (χ0n) is 8.24. The molecule has 0 atom stereocenters. The molecule has 0 amide bonds. The summed E-state index contributed by atoms with van der Waals surface area (Å²) in [6, 6.07) is 7.53. The average molecular weight is 188 g/mol. The van der Waals surface area contributed by atoms with E-state index in [2.05, 4.69) is 5.32 Å². The van der Waals surface area contributed by atoms with E-state index < -0.39 is 0 Å². The summed E-state index contributed by atoms with van der Waals surface area (Å²) < 4.78 is 0. The van der Waals surface area contributed by atoms with Gasteiger partial charge in [-0.25, -0.2) is 0 Å². The van der Waals surface area contributed by atoms with Gasteiger partial charge in [0.1, 0.15) is 5.70 Å². The van der Waals surface area contributed by atoms with Gasteiger partial charge in [0, 0.05) is 31.5 Å². The number of nitrogens with one attached hydrogen (secondary N) is 1. The minimum Gasteiger partial charge on any atom is -0.382 e. The van der Waals surface area contributed by atoms with E-state index in [1.807, 2.05) is 43.3 Å². The second-order valence-corrected chi connectivity index (χ2v) is 3.51. The first-order chi connectivity index (χ1) is 6.68. The smallest absolute Gasteiger partial charge is 0.212 e. The number of nitrogens with zero attached hydrogens (tertiary/aromatic N) is 1. The van der Waals surface area contributed by atoms with Gasteiger partial charge in [0.15, 0.2) is 0 Å². The summed E-state index contributed by atoms with van der Waals surface area (Å²) >= 11 is 0. The van der Waals surface area contributed by atoms with Crippen molar-refractivity contribution in [2.75, 3.05) is 19.4 Å². The highest BCUT2D eigenvalue weighted by Crippen LogP contribution is 2.27. The van der Waals surface area contributed by atoms with Crippen LogP contribution in [0.25, 0.3) is 0 Å². The van der Waals surface area contributed by atoms with Crippen molar-refractivity contribution >= 4 is 11.5 Å². The highest BCUT2D eigenvalue weighted by atomic mass is 16.1. The number of rotatable bonds is 1. The highest BCUT2D eigenvalue weighted by molar-refractivity contribution is 6.18. The molecule has 0 aromatic heterocycles. The second kappa shape index (κ2) is 3.18. The molecule has 1 aliphatic rings. The first-order valence-corrected chi connectivity index (χ1v) is 4.47. The first kappa shape index (κ1) is 8.81. The summed E-state index contributed by atoms with van der Waals surface area (Å²) in [6.45, 7) is 0. The van der Waals surface area contributed by atoms with Crippen LogP contribution in [0.4, 0.5) is 5.69 Å². The third kappa shape index (κ3) is 1.37. The molecule has 0 bridgehead atoms. The summed E-state index contributed by atoms with van der Waals surface area (Å²) in [5.74, 6) is 0.0642. The van der Waals surface area contributed by atoms with Gasteiger partial charge >= 0.3 is 0 Å². The average Bonchev–Trinajstić information content (AvgIpc) is 2.44. The zero-order chi connectivity index (χ0) is 10.1. The van der Waals surface area contributed by atoms with Gasteiger partial charge in [-0.05, 0) is 12.1 Å². The molecule has 3 nitrogen and oxygen atoms in total. The fourth-order valence-corrected chi connectivity index (χ4v) is 1.49. The molecule has 0 unspecified atom stereocenters. The third-order valence-electron chi connectivity index (χ3n) is 2.07. The largest absolute Gasteiger partial charge is 0.382 e. The Morgan fingerprint density at radius 2 is 2.00 bits per heavy atom. The SMILES string of the molecule is CN(C)/C=C1\Nc2ccccc2C1=O. The Bertz CT molecular complexity index is 408. The van der Waals surface area contributed by atoms with Crippen LogP contribution in [-0.2, 0) is 0 Å². The standard InChI is InChI=1S/C11H12N2O/c1-13(2)7-10-11(14)8-5-3-4-6-9(8)12-10/h3-7,12H,1-2H3/b10-7-. The van der Waals surface area contributed by atoms with Crippen molar-refractivity contribution in [2.45, 2.75) is 0 Å². The van der Waals surface area contributed by atoms with E-state index in [4.69, 9.17) is 0 Å². The van der Waals surface area contributed by atoms with E-state index in [0.717, 1.165) is 11.3 Å². The number of fused-ring (bicyclic) bond motifs is 1.